The van der Waals surface area contributed by atoms with Crippen LogP contribution >= 0.6 is 0 Å². The average Bonchev–Trinajstić information content (AvgIpc) is 3.56. The predicted octanol–water partition coefficient (Wildman–Crippen LogP) is 3.83. The van der Waals surface area contributed by atoms with Crippen molar-refractivity contribution < 1.29 is 24.2 Å². The number of aromatic nitrogens is 4. The lowest BCUT2D eigenvalue weighted by Gasteiger charge is -2.41. The third-order valence-corrected chi connectivity index (χ3v) is 8.09. The topological polar surface area (TPSA) is 134 Å². The lowest BCUT2D eigenvalue weighted by Crippen LogP contribution is -2.57. The molecule has 0 atom stereocenters. The summed E-state index contributed by atoms with van der Waals surface area (Å²) in [7, 11) is 1.48. The molecule has 0 radical (unpaired) electrons. The first kappa shape index (κ1) is 28.0. The van der Waals surface area contributed by atoms with Crippen LogP contribution in [0.25, 0.3) is 11.1 Å². The highest BCUT2D eigenvalue weighted by Gasteiger charge is 2.60. The van der Waals surface area contributed by atoms with Gasteiger partial charge < -0.3 is 14.4 Å². The number of likely N-dealkylation sites (tertiary alicyclic amines) is 1. The van der Waals surface area contributed by atoms with E-state index in [1.807, 2.05) is 47.0 Å². The Morgan fingerprint density at radius 3 is 2.37 bits per heavy atom. The van der Waals surface area contributed by atoms with E-state index in [1.165, 1.54) is 23.1 Å². The molecule has 0 bridgehead atoms. The quantitative estimate of drug-likeness (QED) is 0.293. The first-order valence-corrected chi connectivity index (χ1v) is 14.0. The van der Waals surface area contributed by atoms with Crippen LogP contribution in [0.15, 0.2) is 79.3 Å². The predicted molar refractivity (Wildman–Crippen MR) is 158 cm³/mol. The summed E-state index contributed by atoms with van der Waals surface area (Å²) in [5.74, 6) is -0.0447. The Hall–Kier alpha value is -5.10. The van der Waals surface area contributed by atoms with E-state index in [1.54, 1.807) is 30.6 Å². The van der Waals surface area contributed by atoms with Gasteiger partial charge in [-0.25, -0.2) is 24.6 Å². The minimum Gasteiger partial charge on any atom is -0.481 e. The Balaban J connectivity index is 1.28. The summed E-state index contributed by atoms with van der Waals surface area (Å²) in [6.07, 6.45) is 5.65. The number of imidazole rings is 1. The Kier molecular flexibility index (Phi) is 7.59. The number of carboxylic acid groups (broad SMARTS) is 1. The van der Waals surface area contributed by atoms with Crippen molar-refractivity contribution in [3.05, 3.63) is 85.1 Å². The molecule has 2 saturated heterocycles. The molecule has 2 aromatic heterocycles. The fourth-order valence-electron chi connectivity index (χ4n) is 5.80. The van der Waals surface area contributed by atoms with Gasteiger partial charge in [0.25, 0.3) is 5.91 Å². The molecule has 2 fully saturated rings. The van der Waals surface area contributed by atoms with Gasteiger partial charge in [0.05, 0.1) is 25.8 Å². The number of hydrogen-bond acceptors (Lipinski definition) is 8. The molecule has 0 unspecified atom stereocenters. The number of ether oxygens (including phenoxy) is 1. The minimum atomic E-state index is -1.18. The van der Waals surface area contributed by atoms with E-state index in [9.17, 15) is 14.4 Å². The number of aliphatic carboxylic acids is 1. The van der Waals surface area contributed by atoms with Crippen molar-refractivity contribution in [2.24, 2.45) is 0 Å². The number of piperidine rings is 1. The molecule has 4 aromatic rings. The highest BCUT2D eigenvalue weighted by atomic mass is 16.5. The molecule has 12 heteroatoms. The van der Waals surface area contributed by atoms with E-state index in [-0.39, 0.29) is 24.2 Å². The second kappa shape index (κ2) is 11.6. The number of imide groups is 1. The molecular weight excluding hydrogens is 550 g/mol. The highest BCUT2D eigenvalue weighted by Crippen LogP contribution is 2.42. The summed E-state index contributed by atoms with van der Waals surface area (Å²) in [6, 6.07) is 18.3. The van der Waals surface area contributed by atoms with Crippen molar-refractivity contribution in [2.75, 3.05) is 30.0 Å². The van der Waals surface area contributed by atoms with Crippen LogP contribution in [0.2, 0.25) is 0 Å². The van der Waals surface area contributed by atoms with E-state index >= 15 is 0 Å². The highest BCUT2D eigenvalue weighted by molar-refractivity contribution is 6.30. The van der Waals surface area contributed by atoms with E-state index < -0.39 is 17.5 Å². The first-order chi connectivity index (χ1) is 20.9. The van der Waals surface area contributed by atoms with Crippen molar-refractivity contribution in [1.82, 2.24) is 24.4 Å². The van der Waals surface area contributed by atoms with E-state index in [0.717, 1.165) is 17.0 Å². The van der Waals surface area contributed by atoms with Crippen LogP contribution in [0.4, 0.5) is 16.4 Å². The second-order valence-electron chi connectivity index (χ2n) is 10.6. The molecule has 220 valence electrons. The summed E-state index contributed by atoms with van der Waals surface area (Å²) in [4.78, 5) is 57.5. The summed E-state index contributed by atoms with van der Waals surface area (Å²) >= 11 is 0. The minimum absolute atomic E-state index is 0.000739. The lowest BCUT2D eigenvalue weighted by atomic mass is 9.86. The van der Waals surface area contributed by atoms with Crippen molar-refractivity contribution in [3.63, 3.8) is 0 Å². The number of urea groups is 1. The third-order valence-electron chi connectivity index (χ3n) is 8.09. The van der Waals surface area contributed by atoms with Crippen LogP contribution < -0.4 is 14.5 Å². The van der Waals surface area contributed by atoms with Gasteiger partial charge in [0.15, 0.2) is 0 Å². The maximum Gasteiger partial charge on any atom is 0.339 e. The van der Waals surface area contributed by atoms with Crippen molar-refractivity contribution in [2.45, 2.75) is 37.9 Å². The molecule has 2 aromatic carbocycles. The molecule has 2 aliphatic heterocycles. The maximum atomic E-state index is 14.3. The normalized spacial score (nSPS) is 16.7. The Bertz CT molecular complexity index is 1630. The van der Waals surface area contributed by atoms with Crippen LogP contribution in [-0.4, -0.2) is 73.2 Å². The van der Waals surface area contributed by atoms with Gasteiger partial charge in [-0.2, -0.15) is 4.98 Å². The average molecular weight is 582 g/mol. The largest absolute Gasteiger partial charge is 0.481 e. The smallest absolute Gasteiger partial charge is 0.339 e. The number of amides is 3. The molecule has 12 nitrogen and oxygen atoms in total. The van der Waals surface area contributed by atoms with Crippen LogP contribution in [0.3, 0.4) is 0 Å². The molecule has 0 saturated carbocycles. The number of carboxylic acids is 1. The van der Waals surface area contributed by atoms with Crippen molar-refractivity contribution >= 4 is 29.5 Å². The van der Waals surface area contributed by atoms with Crippen LogP contribution in [0.5, 0.6) is 5.88 Å². The number of anilines is 2. The zero-order chi connectivity index (χ0) is 30.0. The molecular formula is C31H31N7O5. The number of rotatable bonds is 9. The molecule has 43 heavy (non-hydrogen) atoms. The van der Waals surface area contributed by atoms with Gasteiger partial charge in [0, 0.05) is 44.3 Å². The van der Waals surface area contributed by atoms with Gasteiger partial charge in [-0.3, -0.25) is 14.5 Å². The molecule has 0 aliphatic carbocycles. The molecule has 2 aliphatic rings. The number of carbonyl (C=O) groups is 3. The Labute approximate surface area is 248 Å². The zero-order valence-electron chi connectivity index (χ0n) is 23.7. The summed E-state index contributed by atoms with van der Waals surface area (Å²) < 4.78 is 7.13. The first-order valence-electron chi connectivity index (χ1n) is 14.0. The SMILES string of the molecule is COc1ccnc(N2C(=O)N(c3ccc(-c4ccccc4)cc3)C(=O)C23CCN(Cc2nccn2CCC(=O)O)CC3)n1. The number of benzene rings is 2. The third kappa shape index (κ3) is 5.32. The van der Waals surface area contributed by atoms with Gasteiger partial charge in [0.1, 0.15) is 11.4 Å². The van der Waals surface area contributed by atoms with E-state index in [4.69, 9.17) is 9.84 Å². The fraction of sp³-hybridized carbons (Fsp3) is 0.290. The number of carbonyl (C=O) groups excluding carboxylic acids is 2. The summed E-state index contributed by atoms with van der Waals surface area (Å²) in [5, 5.41) is 9.08. The van der Waals surface area contributed by atoms with Crippen LogP contribution in [0, 0.1) is 0 Å². The molecule has 4 heterocycles. The fourth-order valence-corrected chi connectivity index (χ4v) is 5.80. The molecule has 1 N–H and O–H groups in total. The number of aryl methyl sites for hydroxylation is 1. The van der Waals surface area contributed by atoms with Crippen LogP contribution in [-0.2, 0) is 22.7 Å². The van der Waals surface area contributed by atoms with Gasteiger partial charge in [0.2, 0.25) is 11.8 Å². The maximum absolute atomic E-state index is 14.3. The lowest BCUT2D eigenvalue weighted by molar-refractivity contribution is -0.137. The Morgan fingerprint density at radius 2 is 1.67 bits per heavy atom. The number of hydrogen-bond donors (Lipinski definition) is 1. The standard InChI is InChI=1S/C31H31N7O5/c1-43-26-11-15-33-29(34-26)38-30(42)37(24-9-7-23(8-10-24)22-5-3-2-4-6-22)28(41)31(38)13-18-35(19-14-31)21-25-32-16-20-36(25)17-12-27(39)40/h2-11,15-16,20H,12-14,17-19,21H2,1H3,(H,39,40). The van der Waals surface area contributed by atoms with Gasteiger partial charge in [-0.15, -0.1) is 0 Å². The van der Waals surface area contributed by atoms with E-state index in [2.05, 4.69) is 19.9 Å². The monoisotopic (exact) mass is 581 g/mol. The molecule has 1 spiro atoms. The van der Waals surface area contributed by atoms with Crippen molar-refractivity contribution in [1.29, 1.82) is 0 Å². The van der Waals surface area contributed by atoms with Gasteiger partial charge in [-0.1, -0.05) is 42.5 Å². The van der Waals surface area contributed by atoms with Gasteiger partial charge in [-0.05, 0) is 36.1 Å². The van der Waals surface area contributed by atoms with Crippen LogP contribution in [0.1, 0.15) is 25.1 Å². The number of methoxy groups -OCH3 is 1. The second-order valence-corrected chi connectivity index (χ2v) is 10.6. The summed E-state index contributed by atoms with van der Waals surface area (Å²) in [5.41, 5.74) is 1.30. The Morgan fingerprint density at radius 1 is 0.953 bits per heavy atom. The zero-order valence-corrected chi connectivity index (χ0v) is 23.7. The number of nitrogens with zero attached hydrogens (tertiary/aromatic N) is 7. The molecule has 6 rings (SSSR count). The van der Waals surface area contributed by atoms with E-state index in [0.29, 0.717) is 44.7 Å². The molecule has 3 amide bonds. The van der Waals surface area contributed by atoms with Gasteiger partial charge >= 0.3 is 12.0 Å². The summed E-state index contributed by atoms with van der Waals surface area (Å²) in [6.45, 7) is 1.83. The van der Waals surface area contributed by atoms with Crippen molar-refractivity contribution in [3.8, 4) is 17.0 Å².